The number of amides is 1. The average Bonchev–Trinajstić information content (AvgIpc) is 3.24. The maximum Gasteiger partial charge on any atom is 0.255 e. The van der Waals surface area contributed by atoms with Crippen LogP contribution >= 0.6 is 11.3 Å². The van der Waals surface area contributed by atoms with Gasteiger partial charge in [-0.05, 0) is 56.5 Å². The van der Waals surface area contributed by atoms with Gasteiger partial charge in [0.1, 0.15) is 0 Å². The third-order valence-corrected chi connectivity index (χ3v) is 5.79. The van der Waals surface area contributed by atoms with Gasteiger partial charge in [-0.2, -0.15) is 0 Å². The molecule has 0 spiro atoms. The Labute approximate surface area is 195 Å². The number of nitrogens with zero attached hydrogens (tertiary/aromatic N) is 1. The molecule has 0 aliphatic heterocycles. The Kier molecular flexibility index (Phi) is 12.7. The van der Waals surface area contributed by atoms with Gasteiger partial charge in [0.15, 0.2) is 9.84 Å². The maximum absolute atomic E-state index is 12.6. The van der Waals surface area contributed by atoms with Gasteiger partial charge in [0, 0.05) is 28.5 Å². The molecule has 2 N–H and O–H groups in total. The molecule has 8 heteroatoms. The van der Waals surface area contributed by atoms with Gasteiger partial charge in [-0.1, -0.05) is 26.0 Å². The summed E-state index contributed by atoms with van der Waals surface area (Å²) in [6, 6.07) is 12.0. The van der Waals surface area contributed by atoms with Gasteiger partial charge in [0.05, 0.1) is 15.6 Å². The molecule has 0 atom stereocenters. The Morgan fingerprint density at radius 3 is 2.19 bits per heavy atom. The zero-order valence-corrected chi connectivity index (χ0v) is 20.9. The number of sulfone groups is 1. The van der Waals surface area contributed by atoms with Crippen molar-refractivity contribution in [3.05, 3.63) is 77.1 Å². The summed E-state index contributed by atoms with van der Waals surface area (Å²) < 4.78 is 23.3. The van der Waals surface area contributed by atoms with E-state index in [4.69, 9.17) is 5.41 Å². The van der Waals surface area contributed by atoms with Crippen molar-refractivity contribution in [3.63, 3.8) is 0 Å². The number of aromatic nitrogens is 1. The topological polar surface area (TPSA) is 100.0 Å². The number of thiazole rings is 1. The highest BCUT2D eigenvalue weighted by Crippen LogP contribution is 2.25. The fourth-order valence-electron chi connectivity index (χ4n) is 2.57. The zero-order valence-electron chi connectivity index (χ0n) is 19.2. The third kappa shape index (κ3) is 8.20. The van der Waals surface area contributed by atoms with Crippen molar-refractivity contribution in [1.29, 1.82) is 5.41 Å². The Morgan fingerprint density at radius 2 is 1.69 bits per heavy atom. The van der Waals surface area contributed by atoms with E-state index >= 15 is 0 Å². The van der Waals surface area contributed by atoms with Crippen LogP contribution in [0.5, 0.6) is 0 Å². The van der Waals surface area contributed by atoms with Gasteiger partial charge in [0.25, 0.3) is 5.91 Å². The quantitative estimate of drug-likeness (QED) is 0.349. The summed E-state index contributed by atoms with van der Waals surface area (Å²) in [7, 11) is -3.30. The molecule has 0 aliphatic carbocycles. The van der Waals surface area contributed by atoms with Crippen LogP contribution in [-0.4, -0.2) is 32.3 Å². The van der Waals surface area contributed by atoms with E-state index in [0.29, 0.717) is 16.8 Å². The zero-order chi connectivity index (χ0) is 24.9. The van der Waals surface area contributed by atoms with Gasteiger partial charge in [0.2, 0.25) is 0 Å². The molecule has 1 aromatic heterocycles. The first kappa shape index (κ1) is 28.9. The molecule has 3 aromatic rings. The molecule has 3 rings (SSSR count). The molecule has 172 valence electrons. The fraction of sp³-hybridized carbons (Fsp3) is 0.208. The summed E-state index contributed by atoms with van der Waals surface area (Å²) in [5, 5.41) is 11.3. The maximum atomic E-state index is 12.6. The van der Waals surface area contributed by atoms with Crippen LogP contribution in [0.15, 0.2) is 65.9 Å². The average molecular weight is 474 g/mol. The number of aryl methyl sites for hydroxylation is 2. The largest absolute Gasteiger partial charge is 0.322 e. The van der Waals surface area contributed by atoms with E-state index in [2.05, 4.69) is 30.2 Å². The molecule has 32 heavy (non-hydrogen) atoms. The minimum Gasteiger partial charge on any atom is -0.322 e. The number of nitrogens with one attached hydrogen (secondary N) is 2. The lowest BCUT2D eigenvalue weighted by molar-refractivity contribution is 0.102. The van der Waals surface area contributed by atoms with E-state index in [1.54, 1.807) is 24.3 Å². The minimum atomic E-state index is -3.30. The normalized spacial score (nSPS) is 9.66. The lowest BCUT2D eigenvalue weighted by Gasteiger charge is -2.10. The Balaban J connectivity index is 0.00000148. The number of hydrogen-bond acceptors (Lipinski definition) is 6. The first-order valence-electron chi connectivity index (χ1n) is 9.74. The van der Waals surface area contributed by atoms with Crippen LogP contribution < -0.4 is 5.32 Å². The second-order valence-corrected chi connectivity index (χ2v) is 9.11. The molecule has 2 aromatic carbocycles. The highest BCUT2D eigenvalue weighted by atomic mass is 32.2. The van der Waals surface area contributed by atoms with Crippen LogP contribution in [0.2, 0.25) is 0 Å². The number of hydrogen-bond donors (Lipinski definition) is 2. The van der Waals surface area contributed by atoms with E-state index in [-0.39, 0.29) is 10.8 Å². The number of rotatable bonds is 4. The summed E-state index contributed by atoms with van der Waals surface area (Å²) in [4.78, 5) is 17.2. The van der Waals surface area contributed by atoms with E-state index in [0.717, 1.165) is 22.5 Å². The minimum absolute atomic E-state index is 0.201. The first-order valence-corrected chi connectivity index (χ1v) is 12.5. The van der Waals surface area contributed by atoms with E-state index in [9.17, 15) is 13.2 Å². The molecule has 1 heterocycles. The van der Waals surface area contributed by atoms with Crippen molar-refractivity contribution in [3.8, 4) is 11.3 Å². The molecule has 0 saturated heterocycles. The number of carbonyl (C=O) groups is 1. The van der Waals surface area contributed by atoms with E-state index < -0.39 is 9.84 Å². The van der Waals surface area contributed by atoms with Crippen LogP contribution in [-0.2, 0) is 9.84 Å². The second-order valence-electron chi connectivity index (χ2n) is 6.04. The van der Waals surface area contributed by atoms with E-state index in [1.807, 2.05) is 44.4 Å². The predicted molar refractivity (Wildman–Crippen MR) is 137 cm³/mol. The highest BCUT2D eigenvalue weighted by Gasteiger charge is 2.14. The van der Waals surface area contributed by atoms with Gasteiger partial charge >= 0.3 is 0 Å². The summed E-state index contributed by atoms with van der Waals surface area (Å²) in [5.41, 5.74) is 3.50. The Hall–Kier alpha value is -3.10. The smallest absolute Gasteiger partial charge is 0.255 e. The van der Waals surface area contributed by atoms with Crippen LogP contribution in [0.1, 0.15) is 34.8 Å². The molecule has 0 radical (unpaired) electrons. The molecule has 0 unspecified atom stereocenters. The Bertz CT molecular complexity index is 1120. The Morgan fingerprint density at radius 1 is 1.06 bits per heavy atom. The third-order valence-electron chi connectivity index (χ3n) is 3.91. The fourth-order valence-corrected chi connectivity index (χ4v) is 3.90. The number of anilines is 1. The van der Waals surface area contributed by atoms with Gasteiger partial charge in [-0.15, -0.1) is 24.5 Å². The van der Waals surface area contributed by atoms with E-state index in [1.165, 1.54) is 18.2 Å². The van der Waals surface area contributed by atoms with Crippen molar-refractivity contribution >= 4 is 39.5 Å². The van der Waals surface area contributed by atoms with Crippen molar-refractivity contribution in [2.45, 2.75) is 32.6 Å². The van der Waals surface area contributed by atoms with Crippen molar-refractivity contribution in [2.24, 2.45) is 0 Å². The number of benzene rings is 2. The van der Waals surface area contributed by atoms with Gasteiger partial charge in [-0.3, -0.25) is 4.79 Å². The molecular weight excluding hydrogens is 442 g/mol. The summed E-state index contributed by atoms with van der Waals surface area (Å²) in [6.07, 6.45) is 1.15. The van der Waals surface area contributed by atoms with Crippen LogP contribution in [0.3, 0.4) is 0 Å². The summed E-state index contributed by atoms with van der Waals surface area (Å²) in [6.45, 7) is 16.2. The van der Waals surface area contributed by atoms with Crippen LogP contribution in [0.25, 0.3) is 11.3 Å². The molecule has 6 nitrogen and oxygen atoms in total. The summed E-state index contributed by atoms with van der Waals surface area (Å²) in [5.74, 6) is -0.283. The number of carbonyl (C=O) groups excluding carboxylic acids is 1. The van der Waals surface area contributed by atoms with Gasteiger partial charge < -0.3 is 10.7 Å². The van der Waals surface area contributed by atoms with Crippen molar-refractivity contribution in [2.75, 3.05) is 11.6 Å². The standard InChI is InChI=1S/C19H18N2O3S2.C2H6.C2H4.CH3N/c1-12-9-16(26(3,23)24)7-8-17(12)19(22)21-15-6-4-5-14(10-15)18-11-25-13(2)20-18;3*1-2/h4-11H,1-3H3,(H,21,22);1-2H3;1-2H2;2H,1H2. The molecule has 0 saturated carbocycles. The first-order chi connectivity index (χ1) is 15.2. The monoisotopic (exact) mass is 473 g/mol. The molecule has 1 amide bonds. The lowest BCUT2D eigenvalue weighted by atomic mass is 10.1. The van der Waals surface area contributed by atoms with Crippen molar-refractivity contribution in [1.82, 2.24) is 4.98 Å². The predicted octanol–water partition coefficient (Wildman–Crippen LogP) is 6.18. The second kappa shape index (κ2) is 14.1. The van der Waals surface area contributed by atoms with Crippen LogP contribution in [0, 0.1) is 19.3 Å². The van der Waals surface area contributed by atoms with Crippen molar-refractivity contribution < 1.29 is 13.2 Å². The summed E-state index contributed by atoms with van der Waals surface area (Å²) >= 11 is 1.57. The SMILES string of the molecule is C=C.C=N.CC.Cc1nc(-c2cccc(NC(=O)c3ccc(S(C)(=O)=O)cc3C)c2)cs1. The molecular formula is C24H31N3O3S2. The van der Waals surface area contributed by atoms with Gasteiger partial charge in [-0.25, -0.2) is 13.4 Å². The lowest BCUT2D eigenvalue weighted by Crippen LogP contribution is -2.14. The molecule has 0 bridgehead atoms. The molecule has 0 fully saturated rings. The highest BCUT2D eigenvalue weighted by molar-refractivity contribution is 7.90. The van der Waals surface area contributed by atoms with Crippen LogP contribution in [0.4, 0.5) is 5.69 Å². The molecule has 0 aliphatic rings.